The zero-order valence-corrected chi connectivity index (χ0v) is 12.0. The van der Waals surface area contributed by atoms with Crippen molar-refractivity contribution in [3.8, 4) is 0 Å². The minimum absolute atomic E-state index is 0.252. The molecule has 0 aliphatic heterocycles. The summed E-state index contributed by atoms with van der Waals surface area (Å²) < 4.78 is 4.72. The smallest absolute Gasteiger partial charge is 0.337 e. The van der Waals surface area contributed by atoms with E-state index < -0.39 is 0 Å². The van der Waals surface area contributed by atoms with Gasteiger partial charge in [0.1, 0.15) is 0 Å². The minimum Gasteiger partial charge on any atom is -0.465 e. The molecule has 19 heavy (non-hydrogen) atoms. The van der Waals surface area contributed by atoms with Gasteiger partial charge >= 0.3 is 5.97 Å². The second-order valence-electron chi connectivity index (χ2n) is 5.62. The highest BCUT2D eigenvalue weighted by molar-refractivity contribution is 5.89. The van der Waals surface area contributed by atoms with Gasteiger partial charge in [-0.1, -0.05) is 31.9 Å². The number of hydrogen-bond acceptors (Lipinski definition) is 2. The number of ether oxygens (including phenoxy) is 1. The van der Waals surface area contributed by atoms with Crippen molar-refractivity contribution in [3.63, 3.8) is 0 Å². The van der Waals surface area contributed by atoms with Gasteiger partial charge in [0, 0.05) is 0 Å². The Labute approximate surface area is 116 Å². The monoisotopic (exact) mass is 260 g/mol. The summed E-state index contributed by atoms with van der Waals surface area (Å²) in [7, 11) is 1.42. The molecule has 1 aromatic carbocycles. The van der Waals surface area contributed by atoms with E-state index in [0.717, 1.165) is 5.92 Å². The van der Waals surface area contributed by atoms with Crippen molar-refractivity contribution in [1.82, 2.24) is 0 Å². The Hall–Kier alpha value is -1.31. The van der Waals surface area contributed by atoms with Gasteiger partial charge in [0.15, 0.2) is 0 Å². The highest BCUT2D eigenvalue weighted by Gasteiger charge is 2.21. The van der Waals surface area contributed by atoms with Gasteiger partial charge in [-0.3, -0.25) is 0 Å². The Balaban J connectivity index is 1.94. The summed E-state index contributed by atoms with van der Waals surface area (Å²) in [5.41, 5.74) is 2.02. The van der Waals surface area contributed by atoms with Crippen LogP contribution in [0.15, 0.2) is 24.3 Å². The molecule has 2 heteroatoms. The predicted molar refractivity (Wildman–Crippen MR) is 77.4 cm³/mol. The van der Waals surface area contributed by atoms with Crippen molar-refractivity contribution >= 4 is 5.97 Å². The molecule has 0 heterocycles. The van der Waals surface area contributed by atoms with Crippen LogP contribution in [0.2, 0.25) is 0 Å². The van der Waals surface area contributed by atoms with Gasteiger partial charge in [0.2, 0.25) is 0 Å². The second-order valence-corrected chi connectivity index (χ2v) is 5.62. The van der Waals surface area contributed by atoms with Crippen LogP contribution in [0.3, 0.4) is 0 Å². The molecule has 0 N–H and O–H groups in total. The fourth-order valence-electron chi connectivity index (χ4n) is 3.20. The zero-order chi connectivity index (χ0) is 13.7. The van der Waals surface area contributed by atoms with Gasteiger partial charge in [-0.2, -0.15) is 0 Å². The Morgan fingerprint density at radius 2 is 1.79 bits per heavy atom. The van der Waals surface area contributed by atoms with E-state index in [2.05, 4.69) is 19.1 Å². The zero-order valence-electron chi connectivity index (χ0n) is 12.0. The van der Waals surface area contributed by atoms with E-state index in [-0.39, 0.29) is 5.97 Å². The molecule has 0 aromatic heterocycles. The van der Waals surface area contributed by atoms with Crippen molar-refractivity contribution in [2.24, 2.45) is 5.92 Å². The first-order valence-electron chi connectivity index (χ1n) is 7.42. The lowest BCUT2D eigenvalue weighted by Gasteiger charge is -2.28. The van der Waals surface area contributed by atoms with E-state index in [9.17, 15) is 4.79 Å². The van der Waals surface area contributed by atoms with Gasteiger partial charge in [-0.25, -0.2) is 4.79 Å². The van der Waals surface area contributed by atoms with Crippen LogP contribution in [0.4, 0.5) is 0 Å². The quantitative estimate of drug-likeness (QED) is 0.742. The van der Waals surface area contributed by atoms with Gasteiger partial charge in [-0.15, -0.1) is 0 Å². The molecule has 1 aromatic rings. The van der Waals surface area contributed by atoms with Crippen molar-refractivity contribution in [1.29, 1.82) is 0 Å². The summed E-state index contributed by atoms with van der Waals surface area (Å²) in [4.78, 5) is 11.4. The van der Waals surface area contributed by atoms with Gasteiger partial charge < -0.3 is 4.74 Å². The number of hydrogen-bond donors (Lipinski definition) is 0. The van der Waals surface area contributed by atoms with E-state index in [1.54, 1.807) is 0 Å². The van der Waals surface area contributed by atoms with Gasteiger partial charge in [0.25, 0.3) is 0 Å². The minimum atomic E-state index is -0.252. The molecule has 1 fully saturated rings. The number of carbonyl (C=O) groups excluding carboxylic acids is 1. The highest BCUT2D eigenvalue weighted by Crippen LogP contribution is 2.37. The fraction of sp³-hybridized carbons (Fsp3) is 0.588. The summed E-state index contributed by atoms with van der Waals surface area (Å²) in [6, 6.07) is 7.97. The lowest BCUT2D eigenvalue weighted by atomic mass is 9.77. The molecule has 1 saturated carbocycles. The van der Waals surface area contributed by atoms with E-state index in [4.69, 9.17) is 4.74 Å². The fourth-order valence-corrected chi connectivity index (χ4v) is 3.20. The molecule has 1 aliphatic carbocycles. The predicted octanol–water partition coefficient (Wildman–Crippen LogP) is 4.55. The van der Waals surface area contributed by atoms with Crippen LogP contribution in [-0.2, 0) is 4.74 Å². The molecule has 1 aliphatic rings. The largest absolute Gasteiger partial charge is 0.465 e. The van der Waals surface area contributed by atoms with E-state index in [1.807, 2.05) is 12.1 Å². The first-order chi connectivity index (χ1) is 9.24. The first kappa shape index (κ1) is 14.1. The number of benzene rings is 1. The molecule has 0 unspecified atom stereocenters. The van der Waals surface area contributed by atoms with E-state index in [0.29, 0.717) is 11.5 Å². The summed E-state index contributed by atoms with van der Waals surface area (Å²) in [5.74, 6) is 1.37. The summed E-state index contributed by atoms with van der Waals surface area (Å²) in [5, 5.41) is 0. The maximum atomic E-state index is 11.4. The normalized spacial score (nSPS) is 23.1. The average Bonchev–Trinajstić information content (AvgIpc) is 2.48. The van der Waals surface area contributed by atoms with Crippen molar-refractivity contribution < 1.29 is 9.53 Å². The van der Waals surface area contributed by atoms with Crippen LogP contribution in [0.1, 0.15) is 67.3 Å². The maximum Gasteiger partial charge on any atom is 0.337 e. The molecule has 0 bridgehead atoms. The van der Waals surface area contributed by atoms with Crippen molar-refractivity contribution in [2.75, 3.05) is 7.11 Å². The molecule has 0 radical (unpaired) electrons. The van der Waals surface area contributed by atoms with Gasteiger partial charge in [0.05, 0.1) is 12.7 Å². The van der Waals surface area contributed by atoms with E-state index >= 15 is 0 Å². The number of rotatable bonds is 4. The van der Waals surface area contributed by atoms with Crippen LogP contribution in [0.5, 0.6) is 0 Å². The summed E-state index contributed by atoms with van der Waals surface area (Å²) >= 11 is 0. The van der Waals surface area contributed by atoms with Crippen LogP contribution in [0, 0.1) is 5.92 Å². The summed E-state index contributed by atoms with van der Waals surface area (Å²) in [6.45, 7) is 2.28. The van der Waals surface area contributed by atoms with Crippen LogP contribution < -0.4 is 0 Å². The lowest BCUT2D eigenvalue weighted by molar-refractivity contribution is 0.0600. The molecule has 0 saturated heterocycles. The molecule has 104 valence electrons. The van der Waals surface area contributed by atoms with Crippen LogP contribution >= 0.6 is 0 Å². The topological polar surface area (TPSA) is 26.3 Å². The molecule has 0 amide bonds. The molecular weight excluding hydrogens is 236 g/mol. The molecule has 2 rings (SSSR count). The Bertz CT molecular complexity index is 400. The third-order valence-electron chi connectivity index (χ3n) is 4.35. The molecule has 0 spiro atoms. The standard InChI is InChI=1S/C17H24O2/c1-3-4-13-5-7-14(8-6-13)15-9-11-16(12-10-15)17(18)19-2/h9-14H,3-8H2,1-2H3. The van der Waals surface area contributed by atoms with Crippen LogP contribution in [0.25, 0.3) is 0 Å². The Morgan fingerprint density at radius 3 is 2.32 bits per heavy atom. The number of carbonyl (C=O) groups is 1. The number of methoxy groups -OCH3 is 1. The van der Waals surface area contributed by atoms with Gasteiger partial charge in [-0.05, 0) is 55.2 Å². The van der Waals surface area contributed by atoms with Crippen molar-refractivity contribution in [2.45, 2.75) is 51.4 Å². The second kappa shape index (κ2) is 6.74. The maximum absolute atomic E-state index is 11.4. The Kier molecular flexibility index (Phi) is 5.00. The molecular formula is C17H24O2. The van der Waals surface area contributed by atoms with Crippen LogP contribution in [-0.4, -0.2) is 13.1 Å². The molecule has 0 atom stereocenters. The Morgan fingerprint density at radius 1 is 1.16 bits per heavy atom. The number of esters is 1. The first-order valence-corrected chi connectivity index (χ1v) is 7.42. The molecule has 2 nitrogen and oxygen atoms in total. The average molecular weight is 260 g/mol. The third-order valence-corrected chi connectivity index (χ3v) is 4.35. The SMILES string of the molecule is CCCC1CCC(c2ccc(C(=O)OC)cc2)CC1. The highest BCUT2D eigenvalue weighted by atomic mass is 16.5. The van der Waals surface area contributed by atoms with Crippen molar-refractivity contribution in [3.05, 3.63) is 35.4 Å². The lowest BCUT2D eigenvalue weighted by Crippen LogP contribution is -2.13. The van der Waals surface area contributed by atoms with E-state index in [1.165, 1.54) is 51.2 Å². The third kappa shape index (κ3) is 3.59. The summed E-state index contributed by atoms with van der Waals surface area (Å²) in [6.07, 6.45) is 8.00.